The van der Waals surface area contributed by atoms with E-state index >= 15 is 0 Å². The van der Waals surface area contributed by atoms with E-state index in [4.69, 9.17) is 11.6 Å². The maximum absolute atomic E-state index is 5.74. The van der Waals surface area contributed by atoms with Crippen LogP contribution in [0.4, 0.5) is 0 Å². The molecule has 52 valence electrons. The molecule has 1 rings (SSSR count). The number of nitrogens with zero attached hydrogens (tertiary/aromatic N) is 1. The van der Waals surface area contributed by atoms with Crippen molar-refractivity contribution in [3.63, 3.8) is 0 Å². The molecule has 0 N–H and O–H groups in total. The van der Waals surface area contributed by atoms with E-state index in [0.717, 1.165) is 4.48 Å². The first-order valence-corrected chi connectivity index (χ1v) is 3.75. The molecule has 0 saturated heterocycles. The first-order valence-electron chi connectivity index (χ1n) is 3.22. The smallest absolute Gasteiger partial charge is 0.154 e. The number of halogens is 1. The fraction of sp³-hybridized carbons (Fsp3) is 0.714. The van der Waals surface area contributed by atoms with Gasteiger partial charge in [0.2, 0.25) is 0 Å². The Morgan fingerprint density at radius 1 is 1.67 bits per heavy atom. The molecule has 0 amide bonds. The first kappa shape index (κ1) is 7.10. The predicted molar refractivity (Wildman–Crippen MR) is 40.4 cm³/mol. The highest BCUT2D eigenvalue weighted by atomic mass is 35.5. The van der Waals surface area contributed by atoms with Gasteiger partial charge in [0.05, 0.1) is 14.1 Å². The molecule has 0 saturated carbocycles. The van der Waals surface area contributed by atoms with Crippen LogP contribution in [0.25, 0.3) is 0 Å². The molecule has 0 aromatic rings. The molecule has 1 unspecified atom stereocenters. The lowest BCUT2D eigenvalue weighted by Crippen LogP contribution is -2.48. The van der Waals surface area contributed by atoms with Crippen LogP contribution in [-0.4, -0.2) is 30.6 Å². The Morgan fingerprint density at radius 2 is 2.22 bits per heavy atom. The third kappa shape index (κ3) is 1.28. The zero-order chi connectivity index (χ0) is 6.91. The van der Waals surface area contributed by atoms with Crippen LogP contribution in [0.15, 0.2) is 12.2 Å². The molecule has 0 radical (unpaired) electrons. The molecule has 0 heterocycles. The molecule has 1 atom stereocenters. The van der Waals surface area contributed by atoms with E-state index in [1.807, 2.05) is 0 Å². The highest BCUT2D eigenvalue weighted by Crippen LogP contribution is 2.20. The molecule has 0 aromatic heterocycles. The molecule has 1 aliphatic rings. The third-order valence-corrected chi connectivity index (χ3v) is 2.56. The van der Waals surface area contributed by atoms with Crippen molar-refractivity contribution in [1.29, 1.82) is 0 Å². The quantitative estimate of drug-likeness (QED) is 0.240. The predicted octanol–water partition coefficient (Wildman–Crippen LogP) is 1.59. The van der Waals surface area contributed by atoms with Gasteiger partial charge in [-0.2, -0.15) is 0 Å². The van der Waals surface area contributed by atoms with Crippen LogP contribution in [-0.2, 0) is 0 Å². The minimum absolute atomic E-state index is 0.669. The fourth-order valence-corrected chi connectivity index (χ4v) is 1.04. The molecular weight excluding hydrogens is 134 g/mol. The second-order valence-electron chi connectivity index (χ2n) is 3.13. The molecular formula is C7H13ClN+. The number of likely N-dealkylation sites (N-methyl/N-ethyl adjacent to an activating group) is 1. The van der Waals surface area contributed by atoms with Crippen molar-refractivity contribution in [3.05, 3.63) is 12.2 Å². The summed E-state index contributed by atoms with van der Waals surface area (Å²) >= 11 is 5.74. The van der Waals surface area contributed by atoms with Gasteiger partial charge in [0.15, 0.2) is 6.00 Å². The van der Waals surface area contributed by atoms with Gasteiger partial charge in [0, 0.05) is 6.42 Å². The first-order chi connectivity index (χ1) is 4.17. The van der Waals surface area contributed by atoms with Crippen LogP contribution < -0.4 is 0 Å². The standard InChI is InChI=1S/C7H13ClN/c1-9(2,6-8)7-4-3-5-7/h3-4,7H,5-6H2,1-2H3/q+1. The Kier molecular flexibility index (Phi) is 1.83. The largest absolute Gasteiger partial charge is 0.310 e. The maximum Gasteiger partial charge on any atom is 0.154 e. The van der Waals surface area contributed by atoms with Crippen LogP contribution in [0.1, 0.15) is 6.42 Å². The monoisotopic (exact) mass is 146 g/mol. The van der Waals surface area contributed by atoms with Crippen molar-refractivity contribution in [2.24, 2.45) is 0 Å². The van der Waals surface area contributed by atoms with Crippen molar-refractivity contribution in [2.45, 2.75) is 12.5 Å². The van der Waals surface area contributed by atoms with Gasteiger partial charge in [-0.05, 0) is 6.08 Å². The van der Waals surface area contributed by atoms with Gasteiger partial charge < -0.3 is 4.48 Å². The van der Waals surface area contributed by atoms with E-state index < -0.39 is 0 Å². The number of rotatable bonds is 2. The lowest BCUT2D eigenvalue weighted by atomic mass is 10.0. The molecule has 0 aromatic carbocycles. The van der Waals surface area contributed by atoms with E-state index in [-0.39, 0.29) is 0 Å². The van der Waals surface area contributed by atoms with Gasteiger partial charge in [-0.1, -0.05) is 17.7 Å². The second-order valence-corrected chi connectivity index (χ2v) is 3.37. The molecule has 1 nitrogen and oxygen atoms in total. The summed E-state index contributed by atoms with van der Waals surface area (Å²) in [7, 11) is 4.31. The van der Waals surface area contributed by atoms with Gasteiger partial charge in [-0.15, -0.1) is 0 Å². The molecule has 0 spiro atoms. The molecule has 0 aliphatic heterocycles. The topological polar surface area (TPSA) is 0 Å². The van der Waals surface area contributed by atoms with E-state index in [0.29, 0.717) is 12.0 Å². The van der Waals surface area contributed by atoms with Crippen molar-refractivity contribution >= 4 is 11.6 Å². The van der Waals surface area contributed by atoms with Crippen LogP contribution in [0.2, 0.25) is 0 Å². The Bertz CT molecular complexity index is 129. The number of quaternary nitrogens is 1. The average Bonchev–Trinajstić information content (AvgIpc) is 1.60. The van der Waals surface area contributed by atoms with Crippen molar-refractivity contribution in [3.8, 4) is 0 Å². The maximum atomic E-state index is 5.74. The van der Waals surface area contributed by atoms with Crippen LogP contribution in [0.5, 0.6) is 0 Å². The summed E-state index contributed by atoms with van der Waals surface area (Å²) in [4.78, 5) is 0. The molecule has 0 bridgehead atoms. The SMILES string of the molecule is C[N+](C)(CCl)C1C=CC1. The van der Waals surface area contributed by atoms with E-state index in [2.05, 4.69) is 26.2 Å². The summed E-state index contributed by atoms with van der Waals surface area (Å²) in [5.74, 6) is 0. The Balaban J connectivity index is 2.48. The summed E-state index contributed by atoms with van der Waals surface area (Å²) in [6.07, 6.45) is 5.61. The number of hydrogen-bond acceptors (Lipinski definition) is 0. The van der Waals surface area contributed by atoms with Crippen LogP contribution in [0, 0.1) is 0 Å². The Morgan fingerprint density at radius 3 is 2.33 bits per heavy atom. The summed E-state index contributed by atoms with van der Waals surface area (Å²) in [6.45, 7) is 0. The van der Waals surface area contributed by atoms with Gasteiger partial charge in [-0.25, -0.2) is 0 Å². The number of alkyl halides is 1. The van der Waals surface area contributed by atoms with E-state index in [1.165, 1.54) is 6.42 Å². The van der Waals surface area contributed by atoms with Gasteiger partial charge in [0.25, 0.3) is 0 Å². The molecule has 0 fully saturated rings. The second kappa shape index (κ2) is 2.31. The highest BCUT2D eigenvalue weighted by molar-refractivity contribution is 6.16. The zero-order valence-corrected chi connectivity index (χ0v) is 6.73. The van der Waals surface area contributed by atoms with Gasteiger partial charge >= 0.3 is 0 Å². The zero-order valence-electron chi connectivity index (χ0n) is 5.97. The summed E-state index contributed by atoms with van der Waals surface area (Å²) in [6, 6.07) is 1.37. The average molecular weight is 147 g/mol. The van der Waals surface area contributed by atoms with Crippen LogP contribution >= 0.6 is 11.6 Å². The lowest BCUT2D eigenvalue weighted by molar-refractivity contribution is -0.899. The van der Waals surface area contributed by atoms with Crippen molar-refractivity contribution in [1.82, 2.24) is 0 Å². The van der Waals surface area contributed by atoms with E-state index in [9.17, 15) is 0 Å². The van der Waals surface area contributed by atoms with E-state index in [1.54, 1.807) is 0 Å². The fourth-order valence-electron chi connectivity index (χ4n) is 0.865. The number of hydrogen-bond donors (Lipinski definition) is 0. The van der Waals surface area contributed by atoms with Crippen molar-refractivity contribution in [2.75, 3.05) is 20.1 Å². The Labute approximate surface area is 61.5 Å². The minimum atomic E-state index is 0.669. The highest BCUT2D eigenvalue weighted by Gasteiger charge is 2.27. The lowest BCUT2D eigenvalue weighted by Gasteiger charge is -2.37. The molecule has 2 heteroatoms. The summed E-state index contributed by atoms with van der Waals surface area (Å²) in [5.41, 5.74) is 0. The van der Waals surface area contributed by atoms with Crippen molar-refractivity contribution < 1.29 is 4.48 Å². The van der Waals surface area contributed by atoms with Gasteiger partial charge in [-0.3, -0.25) is 0 Å². The Hall–Kier alpha value is -0.0100. The normalized spacial score (nSPS) is 25.9. The third-order valence-electron chi connectivity index (χ3n) is 1.94. The molecule has 9 heavy (non-hydrogen) atoms. The van der Waals surface area contributed by atoms with Crippen LogP contribution in [0.3, 0.4) is 0 Å². The summed E-state index contributed by atoms with van der Waals surface area (Å²) in [5, 5.41) is 0. The molecule has 1 aliphatic carbocycles. The van der Waals surface area contributed by atoms with Gasteiger partial charge in [0.1, 0.15) is 6.04 Å². The minimum Gasteiger partial charge on any atom is -0.310 e. The summed E-state index contributed by atoms with van der Waals surface area (Å²) < 4.78 is 0.915.